The largest absolute Gasteiger partial charge is 0.397 e. The lowest BCUT2D eigenvalue weighted by Crippen LogP contribution is -2.13. The molecule has 0 spiro atoms. The van der Waals surface area contributed by atoms with Gasteiger partial charge in [-0.05, 0) is 94.7 Å². The summed E-state index contributed by atoms with van der Waals surface area (Å²) in [6, 6.07) is 17.5. The Bertz CT molecular complexity index is 1150. The van der Waals surface area contributed by atoms with Gasteiger partial charge in [0, 0.05) is 18.0 Å². The van der Waals surface area contributed by atoms with Crippen LogP contribution in [-0.4, -0.2) is 10.9 Å². The third kappa shape index (κ3) is 4.58. The number of carbonyl (C=O) groups excluding carboxylic acids is 1. The second kappa shape index (κ2) is 8.93. The van der Waals surface area contributed by atoms with Crippen LogP contribution in [0.2, 0.25) is 0 Å². The first-order chi connectivity index (χ1) is 14.6. The molecule has 0 aliphatic rings. The van der Waals surface area contributed by atoms with E-state index in [9.17, 15) is 4.79 Å². The van der Waals surface area contributed by atoms with E-state index in [1.54, 1.807) is 11.3 Å². The zero-order valence-electron chi connectivity index (χ0n) is 16.8. The van der Waals surface area contributed by atoms with Gasteiger partial charge in [-0.25, -0.2) is 0 Å². The van der Waals surface area contributed by atoms with Crippen LogP contribution >= 0.6 is 11.3 Å². The fourth-order valence-electron chi connectivity index (χ4n) is 3.34. The smallest absolute Gasteiger partial charge is 0.255 e. The molecule has 3 N–H and O–H groups in total. The molecule has 0 unspecified atom stereocenters. The molecule has 0 radical (unpaired) electrons. The Labute approximate surface area is 180 Å². The maximum absolute atomic E-state index is 12.8. The van der Waals surface area contributed by atoms with Crippen molar-refractivity contribution in [2.24, 2.45) is 0 Å². The third-order valence-electron chi connectivity index (χ3n) is 5.14. The number of pyridine rings is 1. The Morgan fingerprint density at radius 1 is 0.967 bits per heavy atom. The molecule has 4 nitrogen and oxygen atoms in total. The summed E-state index contributed by atoms with van der Waals surface area (Å²) in [6.07, 6.45) is 5.48. The molecule has 150 valence electrons. The topological polar surface area (TPSA) is 68.0 Å². The molecule has 0 bridgehead atoms. The van der Waals surface area contributed by atoms with E-state index in [0.29, 0.717) is 16.9 Å². The number of hydrogen-bond acceptors (Lipinski definition) is 4. The zero-order valence-corrected chi connectivity index (χ0v) is 17.6. The summed E-state index contributed by atoms with van der Waals surface area (Å²) >= 11 is 1.66. The lowest BCUT2D eigenvalue weighted by atomic mass is 10.0. The number of nitrogens with zero attached hydrogens (tertiary/aromatic N) is 1. The molecular weight excluding hydrogens is 390 g/mol. The van der Waals surface area contributed by atoms with Crippen LogP contribution in [0.1, 0.15) is 27.0 Å². The monoisotopic (exact) mass is 413 g/mol. The van der Waals surface area contributed by atoms with Crippen molar-refractivity contribution in [1.29, 1.82) is 0 Å². The minimum atomic E-state index is -0.165. The molecule has 2 heterocycles. The number of amides is 1. The van der Waals surface area contributed by atoms with E-state index in [2.05, 4.69) is 28.0 Å². The Balaban J connectivity index is 1.44. The van der Waals surface area contributed by atoms with Crippen LogP contribution in [0.3, 0.4) is 0 Å². The molecule has 5 heteroatoms. The van der Waals surface area contributed by atoms with Crippen molar-refractivity contribution in [3.05, 3.63) is 100 Å². The zero-order chi connectivity index (χ0) is 20.9. The number of aromatic nitrogens is 1. The molecule has 2 aromatic heterocycles. The molecule has 0 atom stereocenters. The highest BCUT2D eigenvalue weighted by atomic mass is 32.1. The quantitative estimate of drug-likeness (QED) is 0.396. The average molecular weight is 414 g/mol. The summed E-state index contributed by atoms with van der Waals surface area (Å²) in [5.41, 5.74) is 13.8. The summed E-state index contributed by atoms with van der Waals surface area (Å²) < 4.78 is 0. The Kier molecular flexibility index (Phi) is 5.91. The van der Waals surface area contributed by atoms with Crippen molar-refractivity contribution in [3.63, 3.8) is 0 Å². The maximum atomic E-state index is 12.8. The van der Waals surface area contributed by atoms with Gasteiger partial charge in [-0.1, -0.05) is 18.2 Å². The number of benzene rings is 2. The molecule has 2 aromatic carbocycles. The number of thiophene rings is 1. The van der Waals surface area contributed by atoms with E-state index in [4.69, 9.17) is 5.73 Å². The van der Waals surface area contributed by atoms with Crippen LogP contribution < -0.4 is 11.1 Å². The van der Waals surface area contributed by atoms with Crippen molar-refractivity contribution in [3.8, 4) is 11.1 Å². The van der Waals surface area contributed by atoms with Crippen molar-refractivity contribution >= 4 is 28.6 Å². The van der Waals surface area contributed by atoms with Gasteiger partial charge in [0.1, 0.15) is 0 Å². The van der Waals surface area contributed by atoms with Gasteiger partial charge in [0.2, 0.25) is 0 Å². The van der Waals surface area contributed by atoms with Gasteiger partial charge in [0.25, 0.3) is 5.91 Å². The van der Waals surface area contributed by atoms with Crippen LogP contribution in [0.4, 0.5) is 11.4 Å². The van der Waals surface area contributed by atoms with E-state index in [0.717, 1.165) is 24.0 Å². The third-order valence-corrected chi connectivity index (χ3v) is 6.00. The summed E-state index contributed by atoms with van der Waals surface area (Å²) in [4.78, 5) is 16.8. The highest BCUT2D eigenvalue weighted by molar-refractivity contribution is 7.08. The molecule has 0 saturated heterocycles. The van der Waals surface area contributed by atoms with Crippen LogP contribution in [0.15, 0.2) is 77.8 Å². The fraction of sp³-hybridized carbons (Fsp3) is 0.120. The summed E-state index contributed by atoms with van der Waals surface area (Å²) in [5.74, 6) is -0.165. The minimum Gasteiger partial charge on any atom is -0.397 e. The number of rotatable bonds is 6. The maximum Gasteiger partial charge on any atom is 0.255 e. The number of hydrogen-bond donors (Lipinski definition) is 2. The van der Waals surface area contributed by atoms with Crippen LogP contribution in [-0.2, 0) is 12.8 Å². The van der Waals surface area contributed by atoms with E-state index >= 15 is 0 Å². The average Bonchev–Trinajstić information content (AvgIpc) is 3.21. The van der Waals surface area contributed by atoms with E-state index in [1.165, 1.54) is 16.7 Å². The first kappa shape index (κ1) is 19.9. The van der Waals surface area contributed by atoms with E-state index in [-0.39, 0.29) is 5.91 Å². The molecule has 0 aliphatic heterocycles. The molecule has 0 fully saturated rings. The van der Waals surface area contributed by atoms with Crippen molar-refractivity contribution in [2.45, 2.75) is 19.8 Å². The van der Waals surface area contributed by atoms with Gasteiger partial charge < -0.3 is 11.1 Å². The Hall–Kier alpha value is -3.44. The minimum absolute atomic E-state index is 0.165. The highest BCUT2D eigenvalue weighted by Gasteiger charge is 2.11. The van der Waals surface area contributed by atoms with Crippen molar-refractivity contribution < 1.29 is 4.79 Å². The molecule has 0 aliphatic carbocycles. The normalized spacial score (nSPS) is 10.7. The van der Waals surface area contributed by atoms with E-state index < -0.39 is 0 Å². The number of anilines is 2. The van der Waals surface area contributed by atoms with Crippen molar-refractivity contribution in [2.75, 3.05) is 11.1 Å². The molecule has 30 heavy (non-hydrogen) atoms. The lowest BCUT2D eigenvalue weighted by molar-refractivity contribution is 0.102. The van der Waals surface area contributed by atoms with Gasteiger partial charge in [-0.3, -0.25) is 9.78 Å². The van der Waals surface area contributed by atoms with Crippen LogP contribution in [0.25, 0.3) is 11.1 Å². The second-order valence-corrected chi connectivity index (χ2v) is 8.02. The standard InChI is InChI=1S/C25H23N3OS/c1-17-15-30-16-22(17)21-8-9-23(26)24(14-21)28-25(29)20-6-4-18(5-7-20)2-3-19-10-12-27-13-11-19/h4-16H,2-3,26H2,1H3,(H,28,29). The fourth-order valence-corrected chi connectivity index (χ4v) is 4.20. The number of nitrogens with two attached hydrogens (primary N) is 1. The Morgan fingerprint density at radius 2 is 1.67 bits per heavy atom. The number of aryl methyl sites for hydroxylation is 3. The summed E-state index contributed by atoms with van der Waals surface area (Å²) in [6.45, 7) is 2.08. The molecule has 0 saturated carbocycles. The van der Waals surface area contributed by atoms with E-state index in [1.807, 2.05) is 67.0 Å². The van der Waals surface area contributed by atoms with Gasteiger partial charge >= 0.3 is 0 Å². The second-order valence-electron chi connectivity index (χ2n) is 7.28. The molecule has 1 amide bonds. The number of carbonyl (C=O) groups is 1. The number of nitrogen functional groups attached to an aromatic ring is 1. The van der Waals surface area contributed by atoms with Gasteiger partial charge in [-0.15, -0.1) is 0 Å². The lowest BCUT2D eigenvalue weighted by Gasteiger charge is -2.11. The highest BCUT2D eigenvalue weighted by Crippen LogP contribution is 2.31. The summed E-state index contributed by atoms with van der Waals surface area (Å²) in [7, 11) is 0. The predicted octanol–water partition coefficient (Wildman–Crippen LogP) is 5.74. The first-order valence-corrected chi connectivity index (χ1v) is 10.8. The van der Waals surface area contributed by atoms with Gasteiger partial charge in [0.15, 0.2) is 0 Å². The van der Waals surface area contributed by atoms with Crippen LogP contribution in [0.5, 0.6) is 0 Å². The van der Waals surface area contributed by atoms with Gasteiger partial charge in [0.05, 0.1) is 11.4 Å². The summed E-state index contributed by atoms with van der Waals surface area (Å²) in [5, 5.41) is 7.18. The first-order valence-electron chi connectivity index (χ1n) is 9.82. The number of nitrogens with one attached hydrogen (secondary N) is 1. The Morgan fingerprint density at radius 3 is 2.33 bits per heavy atom. The van der Waals surface area contributed by atoms with Crippen LogP contribution in [0, 0.1) is 6.92 Å². The van der Waals surface area contributed by atoms with Crippen molar-refractivity contribution in [1.82, 2.24) is 4.98 Å². The molecule has 4 rings (SSSR count). The van der Waals surface area contributed by atoms with Gasteiger partial charge in [-0.2, -0.15) is 11.3 Å². The SMILES string of the molecule is Cc1cscc1-c1ccc(N)c(NC(=O)c2ccc(CCc3ccncc3)cc2)c1. The molecule has 4 aromatic rings. The predicted molar refractivity (Wildman–Crippen MR) is 125 cm³/mol. The molecular formula is C25H23N3OS.